The molecule has 3 aromatic heterocycles. The van der Waals surface area contributed by atoms with Crippen molar-refractivity contribution in [3.05, 3.63) is 93.9 Å². The van der Waals surface area contributed by atoms with Gasteiger partial charge >= 0.3 is 6.03 Å². The van der Waals surface area contributed by atoms with Gasteiger partial charge in [0.05, 0.1) is 46.4 Å². The number of fused-ring (bicyclic) bond motifs is 2. The number of pyridine rings is 1. The predicted molar refractivity (Wildman–Crippen MR) is 241 cm³/mol. The summed E-state index contributed by atoms with van der Waals surface area (Å²) in [7, 11) is 3.57. The Morgan fingerprint density at radius 1 is 1.00 bits per heavy atom. The van der Waals surface area contributed by atoms with Crippen LogP contribution in [0.15, 0.2) is 60.9 Å². The molecule has 336 valence electrons. The smallest absolute Gasteiger partial charge is 0.321 e. The molecule has 0 bridgehead atoms. The number of hydrogen-bond acceptors (Lipinski definition) is 10. The van der Waals surface area contributed by atoms with E-state index >= 15 is 8.78 Å². The molecule has 5 aromatic rings. The van der Waals surface area contributed by atoms with Gasteiger partial charge in [-0.15, -0.1) is 5.10 Å². The lowest BCUT2D eigenvalue weighted by Crippen LogP contribution is -2.70. The summed E-state index contributed by atoms with van der Waals surface area (Å²) in [5.41, 5.74) is 11.8. The minimum absolute atomic E-state index is 0.178. The highest BCUT2D eigenvalue weighted by atomic mass is 35.5. The van der Waals surface area contributed by atoms with Crippen LogP contribution in [-0.2, 0) is 17.7 Å². The topological polar surface area (TPSA) is 167 Å². The van der Waals surface area contributed by atoms with E-state index in [0.717, 1.165) is 40.9 Å². The molecular weight excluding hydrogens is 844 g/mol. The summed E-state index contributed by atoms with van der Waals surface area (Å²) in [6, 6.07) is 14.8. The Bertz CT molecular complexity index is 2610. The van der Waals surface area contributed by atoms with Crippen molar-refractivity contribution in [3.63, 3.8) is 0 Å². The number of ether oxygens (including phenoxy) is 1. The molecule has 15 nitrogen and oxygen atoms in total. The van der Waals surface area contributed by atoms with Crippen LogP contribution < -0.4 is 26.2 Å². The third kappa shape index (κ3) is 7.87. The lowest BCUT2D eigenvalue weighted by atomic mass is 9.69. The number of urea groups is 1. The van der Waals surface area contributed by atoms with E-state index in [2.05, 4.69) is 20.5 Å². The van der Waals surface area contributed by atoms with Crippen molar-refractivity contribution in [1.82, 2.24) is 34.7 Å². The lowest BCUT2D eigenvalue weighted by Gasteiger charge is -2.57. The van der Waals surface area contributed by atoms with Crippen molar-refractivity contribution in [2.75, 3.05) is 75.1 Å². The molecule has 0 radical (unpaired) electrons. The second-order valence-electron chi connectivity index (χ2n) is 17.4. The molecule has 0 atom stereocenters. The number of benzene rings is 2. The zero-order valence-electron chi connectivity index (χ0n) is 36.2. The molecule has 2 aromatic carbocycles. The van der Waals surface area contributed by atoms with E-state index in [0.29, 0.717) is 65.7 Å². The van der Waals surface area contributed by atoms with E-state index in [9.17, 15) is 14.4 Å². The second kappa shape index (κ2) is 17.2. The van der Waals surface area contributed by atoms with Gasteiger partial charge < -0.3 is 30.9 Å². The van der Waals surface area contributed by atoms with E-state index in [1.54, 1.807) is 39.4 Å². The number of likely N-dealkylation sites (tertiary alicyclic amines) is 2. The average molecular weight is 896 g/mol. The maximum atomic E-state index is 16.0. The number of halogens is 3. The predicted octanol–water partition coefficient (Wildman–Crippen LogP) is 6.68. The number of alkyl halides is 2. The summed E-state index contributed by atoms with van der Waals surface area (Å²) in [4.78, 5) is 54.2. The number of hydrogen-bond donors (Lipinski definition) is 3. The Balaban J connectivity index is 0.000000799. The first-order valence-electron chi connectivity index (χ1n) is 21.8. The number of nitrogens with one attached hydrogen (secondary N) is 2. The maximum absolute atomic E-state index is 16.0. The van der Waals surface area contributed by atoms with Crippen LogP contribution in [0.2, 0.25) is 5.02 Å². The van der Waals surface area contributed by atoms with Gasteiger partial charge in [0, 0.05) is 89.0 Å². The number of primary amides is 1. The van der Waals surface area contributed by atoms with E-state index in [1.165, 1.54) is 39.8 Å². The number of nitrogens with two attached hydrogens (primary N) is 1. The third-order valence-electron chi connectivity index (χ3n) is 13.4. The van der Waals surface area contributed by atoms with Crippen molar-refractivity contribution in [2.24, 2.45) is 11.1 Å². The molecule has 10 rings (SSSR count). The van der Waals surface area contributed by atoms with Gasteiger partial charge in [-0.3, -0.25) is 24.4 Å². The Labute approximate surface area is 374 Å². The minimum atomic E-state index is -3.09. The van der Waals surface area contributed by atoms with Gasteiger partial charge in [-0.1, -0.05) is 29.8 Å². The molecule has 4 N–H and O–H groups in total. The second-order valence-corrected chi connectivity index (χ2v) is 17.8. The first kappa shape index (κ1) is 43.3. The van der Waals surface area contributed by atoms with Crippen molar-refractivity contribution in [1.29, 1.82) is 0 Å². The number of carbonyl (C=O) groups is 3. The Kier molecular flexibility index (Phi) is 11.7. The van der Waals surface area contributed by atoms with Gasteiger partial charge in [0.1, 0.15) is 5.69 Å². The highest BCUT2D eigenvalue weighted by Gasteiger charge is 2.62. The van der Waals surface area contributed by atoms with Crippen molar-refractivity contribution < 1.29 is 27.9 Å². The first-order chi connectivity index (χ1) is 30.8. The molecule has 0 unspecified atom stereocenters. The van der Waals surface area contributed by atoms with E-state index in [4.69, 9.17) is 32.2 Å². The summed E-state index contributed by atoms with van der Waals surface area (Å²) in [6.45, 7) is 3.86. The molecule has 7 heterocycles. The van der Waals surface area contributed by atoms with Crippen molar-refractivity contribution in [3.8, 4) is 11.3 Å². The van der Waals surface area contributed by atoms with Crippen LogP contribution in [0.5, 0.6) is 0 Å². The molecule has 1 saturated carbocycles. The van der Waals surface area contributed by atoms with Gasteiger partial charge in [-0.05, 0) is 86.4 Å². The summed E-state index contributed by atoms with van der Waals surface area (Å²) in [5, 5.41) is 11.0. The normalized spacial score (nSPS) is 19.1. The van der Waals surface area contributed by atoms with Crippen LogP contribution >= 0.6 is 11.6 Å². The zero-order valence-corrected chi connectivity index (χ0v) is 36.9. The number of piperidine rings is 1. The van der Waals surface area contributed by atoms with E-state index in [1.807, 2.05) is 41.3 Å². The fourth-order valence-corrected chi connectivity index (χ4v) is 9.72. The highest BCUT2D eigenvalue weighted by Crippen LogP contribution is 2.51. The highest BCUT2D eigenvalue weighted by molar-refractivity contribution is 6.34. The fourth-order valence-electron chi connectivity index (χ4n) is 9.51. The molecule has 18 heteroatoms. The molecule has 64 heavy (non-hydrogen) atoms. The molecule has 1 spiro atoms. The number of carbonyl (C=O) groups excluding carboxylic acids is 3. The lowest BCUT2D eigenvalue weighted by molar-refractivity contribution is -0.220. The minimum Gasteiger partial charge on any atom is -0.385 e. The number of amides is 4. The molecule has 4 aliphatic heterocycles. The summed E-state index contributed by atoms with van der Waals surface area (Å²) in [6.07, 6.45) is 9.44. The Morgan fingerprint density at radius 3 is 2.47 bits per heavy atom. The summed E-state index contributed by atoms with van der Waals surface area (Å²) in [5.74, 6) is -3.56. The van der Waals surface area contributed by atoms with Gasteiger partial charge in [-0.25, -0.2) is 23.1 Å². The molecule has 1 aliphatic carbocycles. The number of imidazole rings is 1. The zero-order chi connectivity index (χ0) is 44.9. The summed E-state index contributed by atoms with van der Waals surface area (Å²) < 4.78 is 38.4. The third-order valence-corrected chi connectivity index (χ3v) is 13.9. The van der Waals surface area contributed by atoms with Crippen LogP contribution in [0.1, 0.15) is 69.6 Å². The largest absolute Gasteiger partial charge is 0.385 e. The van der Waals surface area contributed by atoms with Crippen LogP contribution in [0.25, 0.3) is 16.9 Å². The molecule has 4 amide bonds. The monoisotopic (exact) mass is 895 g/mol. The number of aromatic nitrogens is 4. The number of methoxy groups -OCH3 is 1. The van der Waals surface area contributed by atoms with Gasteiger partial charge in [0.15, 0.2) is 11.5 Å². The van der Waals surface area contributed by atoms with E-state index in [-0.39, 0.29) is 43.3 Å². The van der Waals surface area contributed by atoms with Gasteiger partial charge in [0.2, 0.25) is 0 Å². The van der Waals surface area contributed by atoms with E-state index < -0.39 is 29.7 Å². The first-order valence-corrected chi connectivity index (χ1v) is 22.2. The van der Waals surface area contributed by atoms with Crippen LogP contribution in [0.3, 0.4) is 0 Å². The van der Waals surface area contributed by atoms with Crippen LogP contribution in [0.4, 0.5) is 36.5 Å². The molecule has 3 saturated heterocycles. The Morgan fingerprint density at radius 2 is 1.81 bits per heavy atom. The SMILES string of the molecule is CNc1cc(N2CCc3c(-c4ccc(CN5CC6(CCN(C(=O)c7cc(C)c(Cl)c(N8CCCNC8=O)c7)CC6(F)F)C5)cn4)cccc32)nn2c(C(N)=O)cnc12.COC1CCC1. The van der Waals surface area contributed by atoms with Gasteiger partial charge in [0.25, 0.3) is 17.7 Å². The fraction of sp³-hybridized carbons (Fsp3) is 0.435. The molecule has 4 fully saturated rings. The quantitative estimate of drug-likeness (QED) is 0.145. The number of rotatable bonds is 9. The van der Waals surface area contributed by atoms with Crippen molar-refractivity contribution in [2.45, 2.75) is 64.0 Å². The Hall–Kier alpha value is -5.91. The molecule has 5 aliphatic rings. The van der Waals surface area contributed by atoms with Gasteiger partial charge in [-0.2, -0.15) is 0 Å². The average Bonchev–Trinajstić information content (AvgIpc) is 3.90. The number of nitrogens with zero attached hydrogens (tertiary/aromatic N) is 8. The molecular formula is C46H52ClF2N11O4. The van der Waals surface area contributed by atoms with Crippen LogP contribution in [0, 0.1) is 12.3 Å². The summed E-state index contributed by atoms with van der Waals surface area (Å²) >= 11 is 6.55. The van der Waals surface area contributed by atoms with Crippen LogP contribution in [-0.4, -0.2) is 119 Å². The number of anilines is 4. The van der Waals surface area contributed by atoms with Crippen molar-refractivity contribution >= 4 is 58.0 Å². The standard InChI is InChI=1S/C41H42ClF2N11O3.C5H10O/c1-24-15-26(16-32(35(24)42)54-12-4-11-47-39(54)58)38(57)52-14-10-40(41(43,44)23-52)21-51(22-40)20-25-7-8-29(48-18-25)27-5-3-6-31-28(27)9-13-53(31)34-17-30(46-2)37-49-19-33(36(45)56)55(37)50-34;1-6-5-3-2-4-5/h3,5-8,15-19,46H,4,9-14,20-23H2,1-2H3,(H2,45,56)(H,47,58);5H,2-4H2,1H3. The maximum Gasteiger partial charge on any atom is 0.321 e. The number of aryl methyl sites for hydroxylation is 1.